The zero-order chi connectivity index (χ0) is 9.84. The van der Waals surface area contributed by atoms with Crippen molar-refractivity contribution in [2.24, 2.45) is 0 Å². The van der Waals surface area contributed by atoms with Crippen LogP contribution in [0.15, 0.2) is 22.7 Å². The summed E-state index contributed by atoms with van der Waals surface area (Å²) in [4.78, 5) is 0. The molecule has 72 valence electrons. The van der Waals surface area contributed by atoms with Crippen molar-refractivity contribution in [1.82, 2.24) is 5.32 Å². The van der Waals surface area contributed by atoms with Gasteiger partial charge in [-0.15, -0.1) is 0 Å². The van der Waals surface area contributed by atoms with Gasteiger partial charge in [-0.1, -0.05) is 30.7 Å². The second kappa shape index (κ2) is 4.99. The summed E-state index contributed by atoms with van der Waals surface area (Å²) in [6.07, 6.45) is 1.03. The van der Waals surface area contributed by atoms with Gasteiger partial charge in [-0.2, -0.15) is 0 Å². The molecule has 1 aromatic carbocycles. The van der Waals surface area contributed by atoms with Crippen LogP contribution in [0.3, 0.4) is 0 Å². The molecule has 1 aromatic rings. The van der Waals surface area contributed by atoms with Crippen molar-refractivity contribution in [2.45, 2.75) is 19.4 Å². The topological polar surface area (TPSA) is 12.0 Å². The average molecular weight is 263 g/mol. The number of nitrogens with one attached hydrogen (secondary N) is 1. The van der Waals surface area contributed by atoms with Crippen LogP contribution >= 0.6 is 27.5 Å². The molecule has 0 amide bonds. The molecule has 0 saturated carbocycles. The van der Waals surface area contributed by atoms with E-state index in [1.807, 2.05) is 19.2 Å². The van der Waals surface area contributed by atoms with Crippen molar-refractivity contribution in [2.75, 3.05) is 7.05 Å². The maximum atomic E-state index is 6.16. The fourth-order valence-corrected chi connectivity index (χ4v) is 2.01. The smallest absolute Gasteiger partial charge is 0.0595 e. The van der Waals surface area contributed by atoms with Crippen LogP contribution in [0.1, 0.15) is 24.9 Å². The Bertz CT molecular complexity index is 284. The lowest BCUT2D eigenvalue weighted by atomic mass is 10.1. The Hall–Kier alpha value is -0.0500. The summed E-state index contributed by atoms with van der Waals surface area (Å²) in [5.74, 6) is 0. The number of benzene rings is 1. The van der Waals surface area contributed by atoms with Gasteiger partial charge in [0, 0.05) is 10.5 Å². The van der Waals surface area contributed by atoms with Crippen LogP contribution in [0.5, 0.6) is 0 Å². The lowest BCUT2D eigenvalue weighted by Gasteiger charge is -2.16. The van der Waals surface area contributed by atoms with Crippen molar-refractivity contribution >= 4 is 27.5 Å². The standard InChI is InChI=1S/C10H13BrClN/c1-3-9(13-2)7-5-4-6-8(11)10(7)12/h4-6,9,13H,3H2,1-2H3. The van der Waals surface area contributed by atoms with Crippen molar-refractivity contribution in [3.63, 3.8) is 0 Å². The minimum atomic E-state index is 0.338. The van der Waals surface area contributed by atoms with Gasteiger partial charge in [-0.05, 0) is 41.0 Å². The Morgan fingerprint density at radius 3 is 2.77 bits per heavy atom. The summed E-state index contributed by atoms with van der Waals surface area (Å²) >= 11 is 9.57. The molecule has 0 spiro atoms. The van der Waals surface area contributed by atoms with E-state index in [4.69, 9.17) is 11.6 Å². The van der Waals surface area contributed by atoms with Gasteiger partial charge in [-0.3, -0.25) is 0 Å². The maximum Gasteiger partial charge on any atom is 0.0595 e. The first-order valence-electron chi connectivity index (χ1n) is 4.31. The summed E-state index contributed by atoms with van der Waals surface area (Å²) in [6.45, 7) is 2.14. The van der Waals surface area contributed by atoms with Crippen LogP contribution in [0.25, 0.3) is 0 Å². The highest BCUT2D eigenvalue weighted by Crippen LogP contribution is 2.31. The Labute approximate surface area is 92.6 Å². The van der Waals surface area contributed by atoms with Crippen LogP contribution in [0.4, 0.5) is 0 Å². The van der Waals surface area contributed by atoms with Gasteiger partial charge in [0.1, 0.15) is 0 Å². The molecule has 13 heavy (non-hydrogen) atoms. The molecule has 0 radical (unpaired) electrons. The Morgan fingerprint density at radius 1 is 1.54 bits per heavy atom. The summed E-state index contributed by atoms with van der Waals surface area (Å²) < 4.78 is 0.959. The Balaban J connectivity index is 3.05. The minimum absolute atomic E-state index is 0.338. The Morgan fingerprint density at radius 2 is 2.23 bits per heavy atom. The predicted octanol–water partition coefficient (Wildman–Crippen LogP) is 3.77. The summed E-state index contributed by atoms with van der Waals surface area (Å²) in [6, 6.07) is 6.35. The van der Waals surface area contributed by atoms with E-state index < -0.39 is 0 Å². The van der Waals surface area contributed by atoms with Crippen LogP contribution < -0.4 is 5.32 Å². The van der Waals surface area contributed by atoms with Crippen molar-refractivity contribution in [1.29, 1.82) is 0 Å². The van der Waals surface area contributed by atoms with Gasteiger partial charge in [0.2, 0.25) is 0 Å². The van der Waals surface area contributed by atoms with E-state index in [9.17, 15) is 0 Å². The van der Waals surface area contributed by atoms with E-state index in [0.29, 0.717) is 6.04 Å². The zero-order valence-corrected chi connectivity index (χ0v) is 10.1. The zero-order valence-electron chi connectivity index (χ0n) is 7.77. The molecule has 0 aliphatic rings. The molecule has 0 heterocycles. The second-order valence-corrected chi connectivity index (χ2v) is 4.12. The molecule has 0 aliphatic carbocycles. The highest BCUT2D eigenvalue weighted by atomic mass is 79.9. The van der Waals surface area contributed by atoms with E-state index in [-0.39, 0.29) is 0 Å². The van der Waals surface area contributed by atoms with Crippen LogP contribution in [-0.2, 0) is 0 Å². The van der Waals surface area contributed by atoms with Crippen molar-refractivity contribution < 1.29 is 0 Å². The largest absolute Gasteiger partial charge is 0.313 e. The molecule has 3 heteroatoms. The van der Waals surface area contributed by atoms with E-state index in [0.717, 1.165) is 21.5 Å². The predicted molar refractivity (Wildman–Crippen MR) is 61.2 cm³/mol. The fourth-order valence-electron chi connectivity index (χ4n) is 1.37. The molecule has 0 aliphatic heterocycles. The third kappa shape index (κ3) is 2.46. The normalized spacial score (nSPS) is 12.9. The highest BCUT2D eigenvalue weighted by Gasteiger charge is 2.11. The van der Waals surface area contributed by atoms with Gasteiger partial charge < -0.3 is 5.32 Å². The summed E-state index contributed by atoms with van der Waals surface area (Å²) in [5.41, 5.74) is 1.15. The number of rotatable bonds is 3. The monoisotopic (exact) mass is 261 g/mol. The quantitative estimate of drug-likeness (QED) is 0.874. The molecular formula is C10H13BrClN. The SMILES string of the molecule is CCC(NC)c1cccc(Br)c1Cl. The minimum Gasteiger partial charge on any atom is -0.313 e. The molecule has 1 N–H and O–H groups in total. The van der Waals surface area contributed by atoms with Gasteiger partial charge in [0.15, 0.2) is 0 Å². The molecule has 0 bridgehead atoms. The van der Waals surface area contributed by atoms with E-state index in [1.54, 1.807) is 0 Å². The van der Waals surface area contributed by atoms with Crippen molar-refractivity contribution in [3.05, 3.63) is 33.3 Å². The van der Waals surface area contributed by atoms with Gasteiger partial charge in [0.25, 0.3) is 0 Å². The lowest BCUT2D eigenvalue weighted by molar-refractivity contribution is 0.577. The molecular weight excluding hydrogens is 249 g/mol. The first-order chi connectivity index (χ1) is 6.20. The summed E-state index contributed by atoms with van der Waals surface area (Å²) in [7, 11) is 1.95. The number of halogens is 2. The molecule has 1 unspecified atom stereocenters. The molecule has 1 nitrogen and oxygen atoms in total. The van der Waals surface area contributed by atoms with Gasteiger partial charge >= 0.3 is 0 Å². The third-order valence-electron chi connectivity index (χ3n) is 2.11. The first-order valence-corrected chi connectivity index (χ1v) is 5.49. The average Bonchev–Trinajstić information content (AvgIpc) is 2.14. The van der Waals surface area contributed by atoms with Crippen LogP contribution in [0, 0.1) is 0 Å². The number of hydrogen-bond acceptors (Lipinski definition) is 1. The molecule has 0 fully saturated rings. The van der Waals surface area contributed by atoms with Crippen LogP contribution in [0.2, 0.25) is 5.02 Å². The van der Waals surface area contributed by atoms with Crippen LogP contribution in [-0.4, -0.2) is 7.05 Å². The lowest BCUT2D eigenvalue weighted by Crippen LogP contribution is -2.15. The molecule has 0 saturated heterocycles. The molecule has 1 atom stereocenters. The number of hydrogen-bond donors (Lipinski definition) is 1. The summed E-state index contributed by atoms with van der Waals surface area (Å²) in [5, 5.41) is 4.04. The first kappa shape index (κ1) is 11.0. The Kier molecular flexibility index (Phi) is 4.23. The highest BCUT2D eigenvalue weighted by molar-refractivity contribution is 9.10. The van der Waals surface area contributed by atoms with Gasteiger partial charge in [-0.25, -0.2) is 0 Å². The van der Waals surface area contributed by atoms with Gasteiger partial charge in [0.05, 0.1) is 5.02 Å². The third-order valence-corrected chi connectivity index (χ3v) is 3.42. The molecule has 1 rings (SSSR count). The fraction of sp³-hybridized carbons (Fsp3) is 0.400. The van der Waals surface area contributed by atoms with E-state index >= 15 is 0 Å². The second-order valence-electron chi connectivity index (χ2n) is 2.89. The maximum absolute atomic E-state index is 6.16. The van der Waals surface area contributed by atoms with Crippen molar-refractivity contribution in [3.8, 4) is 0 Å². The molecule has 0 aromatic heterocycles. The van der Waals surface area contributed by atoms with E-state index in [1.165, 1.54) is 0 Å². The van der Waals surface area contributed by atoms with E-state index in [2.05, 4.69) is 34.2 Å².